The molecule has 0 aromatic heterocycles. The minimum absolute atomic E-state index is 0.228. The molecule has 0 unspecified atom stereocenters. The van der Waals surface area contributed by atoms with Gasteiger partial charge in [-0.15, -0.1) is 6.58 Å². The second-order valence-electron chi connectivity index (χ2n) is 3.11. The standard InChI is InChI=1S/C11H10Cl2N2OS/c1-2-3-14-11(17)15-10(16)7-4-8(12)6-9(13)5-7/h2,4-6H,1,3H2,(H2,14,15,16,17). The monoisotopic (exact) mass is 288 g/mol. The Balaban J connectivity index is 2.69. The van der Waals surface area contributed by atoms with E-state index in [4.69, 9.17) is 35.4 Å². The van der Waals surface area contributed by atoms with Crippen molar-refractivity contribution in [2.45, 2.75) is 0 Å². The van der Waals surface area contributed by atoms with Crippen molar-refractivity contribution in [3.8, 4) is 0 Å². The molecule has 2 N–H and O–H groups in total. The quantitative estimate of drug-likeness (QED) is 0.664. The van der Waals surface area contributed by atoms with Gasteiger partial charge in [0.15, 0.2) is 5.11 Å². The van der Waals surface area contributed by atoms with Crippen molar-refractivity contribution in [1.82, 2.24) is 10.6 Å². The minimum Gasteiger partial charge on any atom is -0.359 e. The van der Waals surface area contributed by atoms with E-state index >= 15 is 0 Å². The number of nitrogens with one attached hydrogen (secondary N) is 2. The molecule has 1 amide bonds. The van der Waals surface area contributed by atoms with Gasteiger partial charge in [0.2, 0.25) is 0 Å². The van der Waals surface area contributed by atoms with E-state index in [0.29, 0.717) is 22.2 Å². The maximum Gasteiger partial charge on any atom is 0.257 e. The maximum absolute atomic E-state index is 11.7. The molecule has 0 radical (unpaired) electrons. The molecule has 6 heteroatoms. The summed E-state index contributed by atoms with van der Waals surface area (Å²) in [6.45, 7) is 4.00. The highest BCUT2D eigenvalue weighted by Crippen LogP contribution is 2.18. The number of carbonyl (C=O) groups is 1. The van der Waals surface area contributed by atoms with Gasteiger partial charge in [-0.1, -0.05) is 29.3 Å². The summed E-state index contributed by atoms with van der Waals surface area (Å²) in [7, 11) is 0. The number of amides is 1. The lowest BCUT2D eigenvalue weighted by atomic mass is 10.2. The summed E-state index contributed by atoms with van der Waals surface area (Å²) in [5.74, 6) is -0.365. The van der Waals surface area contributed by atoms with Gasteiger partial charge < -0.3 is 5.32 Å². The van der Waals surface area contributed by atoms with Crippen LogP contribution in [-0.4, -0.2) is 17.6 Å². The summed E-state index contributed by atoms with van der Waals surface area (Å²) in [4.78, 5) is 11.7. The van der Waals surface area contributed by atoms with Crippen LogP contribution in [0, 0.1) is 0 Å². The number of carbonyl (C=O) groups excluding carboxylic acids is 1. The summed E-state index contributed by atoms with van der Waals surface area (Å²) in [6.07, 6.45) is 1.63. The number of benzene rings is 1. The first-order valence-corrected chi connectivity index (χ1v) is 5.85. The van der Waals surface area contributed by atoms with Crippen LogP contribution in [0.1, 0.15) is 10.4 Å². The zero-order valence-electron chi connectivity index (χ0n) is 8.80. The summed E-state index contributed by atoms with van der Waals surface area (Å²) in [5.41, 5.74) is 0.352. The van der Waals surface area contributed by atoms with E-state index in [2.05, 4.69) is 17.2 Å². The summed E-state index contributed by atoms with van der Waals surface area (Å²) >= 11 is 16.5. The maximum atomic E-state index is 11.7. The summed E-state index contributed by atoms with van der Waals surface area (Å²) in [5, 5.41) is 6.30. The Labute approximate surface area is 115 Å². The van der Waals surface area contributed by atoms with Crippen LogP contribution >= 0.6 is 35.4 Å². The number of halogens is 2. The first kappa shape index (κ1) is 14.0. The van der Waals surface area contributed by atoms with Crippen molar-refractivity contribution in [3.63, 3.8) is 0 Å². The van der Waals surface area contributed by atoms with Gasteiger partial charge in [0.05, 0.1) is 0 Å². The van der Waals surface area contributed by atoms with E-state index in [1.807, 2.05) is 0 Å². The molecule has 1 aromatic carbocycles. The Bertz CT molecular complexity index is 443. The zero-order valence-corrected chi connectivity index (χ0v) is 11.1. The van der Waals surface area contributed by atoms with Gasteiger partial charge in [-0.25, -0.2) is 0 Å². The van der Waals surface area contributed by atoms with Gasteiger partial charge >= 0.3 is 0 Å². The Hall–Kier alpha value is -1.10. The van der Waals surface area contributed by atoms with Crippen LogP contribution in [-0.2, 0) is 0 Å². The summed E-state index contributed by atoms with van der Waals surface area (Å²) < 4.78 is 0. The molecule has 0 aliphatic heterocycles. The van der Waals surface area contributed by atoms with Gasteiger partial charge in [-0.2, -0.15) is 0 Å². The average molecular weight is 289 g/mol. The molecule has 90 valence electrons. The second-order valence-corrected chi connectivity index (χ2v) is 4.39. The lowest BCUT2D eigenvalue weighted by Crippen LogP contribution is -2.39. The number of rotatable bonds is 3. The minimum atomic E-state index is -0.365. The molecule has 0 spiro atoms. The molecule has 0 saturated carbocycles. The molecule has 3 nitrogen and oxygen atoms in total. The molecule has 0 aliphatic carbocycles. The molecule has 17 heavy (non-hydrogen) atoms. The van der Waals surface area contributed by atoms with E-state index in [-0.39, 0.29) is 11.0 Å². The second kappa shape index (κ2) is 6.59. The van der Waals surface area contributed by atoms with Crippen LogP contribution in [0.25, 0.3) is 0 Å². The van der Waals surface area contributed by atoms with Crippen LogP contribution in [0.15, 0.2) is 30.9 Å². The number of hydrogen-bond acceptors (Lipinski definition) is 2. The van der Waals surface area contributed by atoms with Crippen molar-refractivity contribution in [1.29, 1.82) is 0 Å². The highest BCUT2D eigenvalue weighted by molar-refractivity contribution is 7.80. The van der Waals surface area contributed by atoms with E-state index in [1.165, 1.54) is 12.1 Å². The van der Waals surface area contributed by atoms with E-state index in [1.54, 1.807) is 12.1 Å². The summed E-state index contributed by atoms with van der Waals surface area (Å²) in [6, 6.07) is 4.58. The van der Waals surface area contributed by atoms with Crippen molar-refractivity contribution >= 4 is 46.4 Å². The molecule has 0 heterocycles. The van der Waals surface area contributed by atoms with Crippen LogP contribution in [0.2, 0.25) is 10.0 Å². The van der Waals surface area contributed by atoms with E-state index in [9.17, 15) is 4.79 Å². The molecule has 0 atom stereocenters. The smallest absolute Gasteiger partial charge is 0.257 e. The Kier molecular flexibility index (Phi) is 5.41. The number of hydrogen-bond donors (Lipinski definition) is 2. The molecule has 0 aliphatic rings. The van der Waals surface area contributed by atoms with Crippen LogP contribution in [0.5, 0.6) is 0 Å². The fourth-order valence-corrected chi connectivity index (χ4v) is 1.77. The molecule has 1 rings (SSSR count). The van der Waals surface area contributed by atoms with Gasteiger partial charge in [-0.05, 0) is 30.4 Å². The molecule has 1 aromatic rings. The molecule has 0 fully saturated rings. The normalized spacial score (nSPS) is 9.53. The predicted molar refractivity (Wildman–Crippen MR) is 74.7 cm³/mol. The molecule has 0 bridgehead atoms. The highest BCUT2D eigenvalue weighted by atomic mass is 35.5. The Morgan fingerprint density at radius 2 is 1.94 bits per heavy atom. The fourth-order valence-electron chi connectivity index (χ4n) is 1.07. The molecule has 0 saturated heterocycles. The van der Waals surface area contributed by atoms with Crippen LogP contribution in [0.3, 0.4) is 0 Å². The van der Waals surface area contributed by atoms with Crippen LogP contribution in [0.4, 0.5) is 0 Å². The molecular weight excluding hydrogens is 279 g/mol. The van der Waals surface area contributed by atoms with Crippen molar-refractivity contribution in [3.05, 3.63) is 46.5 Å². The van der Waals surface area contributed by atoms with Gasteiger partial charge in [0.25, 0.3) is 5.91 Å². The largest absolute Gasteiger partial charge is 0.359 e. The SMILES string of the molecule is C=CCNC(=S)NC(=O)c1cc(Cl)cc(Cl)c1. The zero-order chi connectivity index (χ0) is 12.8. The lowest BCUT2D eigenvalue weighted by molar-refractivity contribution is 0.0977. The van der Waals surface area contributed by atoms with Crippen molar-refractivity contribution < 1.29 is 4.79 Å². The third kappa shape index (κ3) is 4.73. The third-order valence-electron chi connectivity index (χ3n) is 1.76. The van der Waals surface area contributed by atoms with E-state index < -0.39 is 0 Å². The molecular formula is C11H10Cl2N2OS. The van der Waals surface area contributed by atoms with Crippen molar-refractivity contribution in [2.24, 2.45) is 0 Å². The highest BCUT2D eigenvalue weighted by Gasteiger charge is 2.09. The third-order valence-corrected chi connectivity index (χ3v) is 2.44. The average Bonchev–Trinajstić information content (AvgIpc) is 2.25. The lowest BCUT2D eigenvalue weighted by Gasteiger charge is -2.08. The van der Waals surface area contributed by atoms with E-state index in [0.717, 1.165) is 0 Å². The first-order valence-electron chi connectivity index (χ1n) is 4.69. The predicted octanol–water partition coefficient (Wildman–Crippen LogP) is 2.78. The van der Waals surface area contributed by atoms with Crippen molar-refractivity contribution in [2.75, 3.05) is 6.54 Å². The Morgan fingerprint density at radius 3 is 2.47 bits per heavy atom. The topological polar surface area (TPSA) is 41.1 Å². The van der Waals surface area contributed by atoms with Gasteiger partial charge in [0.1, 0.15) is 0 Å². The number of thiocarbonyl (C=S) groups is 1. The van der Waals surface area contributed by atoms with Crippen LogP contribution < -0.4 is 10.6 Å². The first-order chi connectivity index (χ1) is 8.02. The Morgan fingerprint density at radius 1 is 1.35 bits per heavy atom. The van der Waals surface area contributed by atoms with Gasteiger partial charge in [-0.3, -0.25) is 10.1 Å². The fraction of sp³-hybridized carbons (Fsp3) is 0.0909. The van der Waals surface area contributed by atoms with Gasteiger partial charge in [0, 0.05) is 22.2 Å².